The van der Waals surface area contributed by atoms with Crippen molar-refractivity contribution >= 4 is 30.1 Å². The molecule has 9 nitrogen and oxygen atoms in total. The van der Waals surface area contributed by atoms with Gasteiger partial charge >= 0.3 is 0 Å². The van der Waals surface area contributed by atoms with E-state index < -0.39 is 30.1 Å². The molecule has 210 valence electrons. The standard InChI is InChI=1S/C27H33N3O6S3/c1-22-8-14-25(15-9-22)37(31,32)28-20-6-4-5-7-21-29(38(33,34)26-16-10-23(2)11-17-26)30(28)39(35,36)27-18-12-24(3)13-19-27/h8-19H,4-7,20-21H2,1-3H3. The zero-order valence-corrected chi connectivity index (χ0v) is 24.6. The van der Waals surface area contributed by atoms with Crippen molar-refractivity contribution < 1.29 is 25.3 Å². The molecular weight excluding hydrogens is 559 g/mol. The maximum atomic E-state index is 14.3. The number of benzene rings is 3. The molecule has 0 N–H and O–H groups in total. The van der Waals surface area contributed by atoms with Gasteiger partial charge in [-0.2, -0.15) is 0 Å². The fourth-order valence-corrected chi connectivity index (χ4v) is 9.40. The molecule has 0 bridgehead atoms. The predicted molar refractivity (Wildman–Crippen MR) is 149 cm³/mol. The van der Waals surface area contributed by atoms with Crippen molar-refractivity contribution in [2.45, 2.75) is 61.1 Å². The molecule has 1 aliphatic rings. The summed E-state index contributed by atoms with van der Waals surface area (Å²) in [6.45, 7) is 4.96. The summed E-state index contributed by atoms with van der Waals surface area (Å²) in [5, 5.41) is 0. The smallest absolute Gasteiger partial charge is 0.206 e. The van der Waals surface area contributed by atoms with E-state index in [0.29, 0.717) is 39.0 Å². The Morgan fingerprint density at radius 2 is 0.718 bits per heavy atom. The van der Waals surface area contributed by atoms with Crippen LogP contribution < -0.4 is 0 Å². The Labute approximate surface area is 231 Å². The number of hydrogen-bond donors (Lipinski definition) is 0. The molecule has 1 aliphatic heterocycles. The topological polar surface area (TPSA) is 112 Å². The van der Waals surface area contributed by atoms with Crippen LogP contribution in [0.25, 0.3) is 0 Å². The highest BCUT2D eigenvalue weighted by Gasteiger charge is 2.46. The minimum Gasteiger partial charge on any atom is -0.206 e. The van der Waals surface area contributed by atoms with E-state index >= 15 is 0 Å². The van der Waals surface area contributed by atoms with Crippen molar-refractivity contribution in [1.82, 2.24) is 13.4 Å². The van der Waals surface area contributed by atoms with E-state index in [9.17, 15) is 25.3 Å². The number of hydrogen-bond acceptors (Lipinski definition) is 6. The number of rotatable bonds is 6. The molecule has 1 heterocycles. The third kappa shape index (κ3) is 6.11. The third-order valence-electron chi connectivity index (χ3n) is 6.56. The number of aryl methyl sites for hydroxylation is 3. The number of sulfonamides is 3. The summed E-state index contributed by atoms with van der Waals surface area (Å²) in [5.74, 6) is 0. The van der Waals surface area contributed by atoms with Gasteiger partial charge in [0.15, 0.2) is 0 Å². The second-order valence-corrected chi connectivity index (χ2v) is 15.1. The van der Waals surface area contributed by atoms with Crippen LogP contribution in [0.3, 0.4) is 0 Å². The largest absolute Gasteiger partial charge is 0.271 e. The first-order valence-electron chi connectivity index (χ1n) is 12.7. The molecule has 0 saturated carbocycles. The molecule has 1 fully saturated rings. The Bertz CT molecular complexity index is 1530. The Morgan fingerprint density at radius 3 is 1.03 bits per heavy atom. The van der Waals surface area contributed by atoms with Crippen LogP contribution in [0.1, 0.15) is 42.4 Å². The SMILES string of the molecule is Cc1ccc(S(=O)(=O)N2CCCCCCN(S(=O)(=O)c3ccc(C)cc3)N2S(=O)(=O)c2ccc(C)cc2)cc1. The van der Waals surface area contributed by atoms with Gasteiger partial charge in [0.05, 0.1) is 14.7 Å². The highest BCUT2D eigenvalue weighted by atomic mass is 32.2. The number of hydrazine groups is 2. The van der Waals surface area contributed by atoms with E-state index in [0.717, 1.165) is 16.7 Å². The van der Waals surface area contributed by atoms with Crippen molar-refractivity contribution in [2.24, 2.45) is 0 Å². The minimum atomic E-state index is -4.70. The number of nitrogens with zero attached hydrogens (tertiary/aromatic N) is 3. The first-order valence-corrected chi connectivity index (χ1v) is 17.0. The molecule has 0 atom stereocenters. The van der Waals surface area contributed by atoms with Crippen LogP contribution in [-0.4, -0.2) is 51.7 Å². The van der Waals surface area contributed by atoms with Gasteiger partial charge < -0.3 is 0 Å². The van der Waals surface area contributed by atoms with Gasteiger partial charge in [0, 0.05) is 13.1 Å². The Kier molecular flexibility index (Phi) is 8.64. The quantitative estimate of drug-likeness (QED) is 0.420. The zero-order valence-electron chi connectivity index (χ0n) is 22.2. The molecule has 0 aliphatic carbocycles. The van der Waals surface area contributed by atoms with Gasteiger partial charge in [0.25, 0.3) is 30.1 Å². The summed E-state index contributed by atoms with van der Waals surface area (Å²) >= 11 is 0. The molecule has 1 saturated heterocycles. The van der Waals surface area contributed by atoms with Crippen LogP contribution in [0.5, 0.6) is 0 Å². The normalized spacial score (nSPS) is 17.3. The van der Waals surface area contributed by atoms with Crippen LogP contribution in [0.15, 0.2) is 87.5 Å². The van der Waals surface area contributed by atoms with Gasteiger partial charge in [-0.05, 0) is 74.5 Å². The molecular formula is C27H33N3O6S3. The average Bonchev–Trinajstić information content (AvgIpc) is 3.01. The zero-order chi connectivity index (χ0) is 28.4. The van der Waals surface area contributed by atoms with Gasteiger partial charge in [-0.3, -0.25) is 0 Å². The first kappa shape index (κ1) is 29.4. The monoisotopic (exact) mass is 591 g/mol. The van der Waals surface area contributed by atoms with Crippen LogP contribution in [-0.2, 0) is 30.1 Å². The summed E-state index contributed by atoms with van der Waals surface area (Å²) in [6.07, 6.45) is 1.92. The molecule has 0 aromatic heterocycles. The van der Waals surface area contributed by atoms with Gasteiger partial charge in [0.1, 0.15) is 0 Å². The summed E-state index contributed by atoms with van der Waals surface area (Å²) in [4.78, 5) is -0.492. The highest BCUT2D eigenvalue weighted by molar-refractivity contribution is 7.93. The lowest BCUT2D eigenvalue weighted by molar-refractivity contribution is 0.0121. The van der Waals surface area contributed by atoms with Crippen molar-refractivity contribution in [3.05, 3.63) is 89.5 Å². The van der Waals surface area contributed by atoms with Crippen molar-refractivity contribution in [1.29, 1.82) is 0 Å². The van der Waals surface area contributed by atoms with Gasteiger partial charge in [-0.15, -0.1) is 8.83 Å². The Hall–Kier alpha value is -2.61. The molecule has 3 aromatic rings. The van der Waals surface area contributed by atoms with Gasteiger partial charge in [-0.1, -0.05) is 65.9 Å². The summed E-state index contributed by atoms with van der Waals surface area (Å²) < 4.78 is 86.7. The van der Waals surface area contributed by atoms with E-state index in [-0.39, 0.29) is 27.8 Å². The van der Waals surface area contributed by atoms with E-state index in [1.54, 1.807) is 57.2 Å². The third-order valence-corrected chi connectivity index (χ3v) is 12.0. The summed E-state index contributed by atoms with van der Waals surface area (Å²) in [5.41, 5.74) is 2.45. The summed E-state index contributed by atoms with van der Waals surface area (Å²) in [7, 11) is -13.7. The molecule has 0 radical (unpaired) electrons. The molecule has 12 heteroatoms. The van der Waals surface area contributed by atoms with Crippen LogP contribution in [0.4, 0.5) is 0 Å². The lowest BCUT2D eigenvalue weighted by Crippen LogP contribution is -2.59. The second-order valence-electron chi connectivity index (χ2n) is 9.68. The van der Waals surface area contributed by atoms with Crippen LogP contribution >= 0.6 is 0 Å². The Balaban J connectivity index is 1.99. The molecule has 0 spiro atoms. The van der Waals surface area contributed by atoms with E-state index in [1.165, 1.54) is 36.4 Å². The van der Waals surface area contributed by atoms with Crippen molar-refractivity contribution in [3.63, 3.8) is 0 Å². The second kappa shape index (κ2) is 11.5. The average molecular weight is 592 g/mol. The maximum absolute atomic E-state index is 14.3. The molecule has 0 amide bonds. The minimum absolute atomic E-state index is 0.135. The van der Waals surface area contributed by atoms with E-state index in [4.69, 9.17) is 0 Å². The van der Waals surface area contributed by atoms with Crippen molar-refractivity contribution in [2.75, 3.05) is 13.1 Å². The molecule has 39 heavy (non-hydrogen) atoms. The van der Waals surface area contributed by atoms with Gasteiger partial charge in [0.2, 0.25) is 0 Å². The van der Waals surface area contributed by atoms with Gasteiger partial charge in [-0.25, -0.2) is 25.3 Å². The molecule has 4 rings (SSSR count). The fraction of sp³-hybridized carbons (Fsp3) is 0.333. The predicted octanol–water partition coefficient (Wildman–Crippen LogP) is 4.39. The fourth-order valence-electron chi connectivity index (χ4n) is 4.26. The Morgan fingerprint density at radius 1 is 0.436 bits per heavy atom. The summed E-state index contributed by atoms with van der Waals surface area (Å²) in [6, 6.07) is 17.9. The lowest BCUT2D eigenvalue weighted by Gasteiger charge is -2.38. The van der Waals surface area contributed by atoms with E-state index in [2.05, 4.69) is 0 Å². The lowest BCUT2D eigenvalue weighted by atomic mass is 10.2. The molecule has 3 aromatic carbocycles. The van der Waals surface area contributed by atoms with Crippen molar-refractivity contribution in [3.8, 4) is 0 Å². The van der Waals surface area contributed by atoms with E-state index in [1.807, 2.05) is 0 Å². The van der Waals surface area contributed by atoms with Crippen LogP contribution in [0.2, 0.25) is 0 Å². The first-order chi connectivity index (χ1) is 18.3. The highest BCUT2D eigenvalue weighted by Crippen LogP contribution is 2.32. The maximum Gasteiger partial charge on any atom is 0.271 e. The van der Waals surface area contributed by atoms with Crippen LogP contribution in [0, 0.1) is 20.8 Å². The molecule has 0 unspecified atom stereocenters.